The van der Waals surface area contributed by atoms with Crippen molar-refractivity contribution in [1.82, 2.24) is 10.2 Å². The first-order valence-electron chi connectivity index (χ1n) is 13.0. The Hall–Kier alpha value is -2.49. The van der Waals surface area contributed by atoms with Gasteiger partial charge in [-0.05, 0) is 62.2 Å². The Morgan fingerprint density at radius 1 is 0.829 bits per heavy atom. The highest BCUT2D eigenvalue weighted by Crippen LogP contribution is 2.32. The molecule has 0 radical (unpaired) electrons. The molecule has 7 nitrogen and oxygen atoms in total. The van der Waals surface area contributed by atoms with Crippen LogP contribution in [0.3, 0.4) is 0 Å². The smallest absolute Gasteiger partial charge is 0.264 e. The molecule has 0 heterocycles. The van der Waals surface area contributed by atoms with Crippen molar-refractivity contribution in [2.75, 3.05) is 10.8 Å². The minimum Gasteiger partial charge on any atom is -0.352 e. The topological polar surface area (TPSA) is 86.8 Å². The molecule has 3 rings (SSSR count). The van der Waals surface area contributed by atoms with Crippen LogP contribution in [0.15, 0.2) is 71.6 Å². The molecule has 2 amide bonds. The first-order valence-corrected chi connectivity index (χ1v) is 15.9. The van der Waals surface area contributed by atoms with Crippen molar-refractivity contribution in [3.8, 4) is 0 Å². The van der Waals surface area contributed by atoms with E-state index in [0.717, 1.165) is 4.31 Å². The Morgan fingerprint density at radius 3 is 2.02 bits per heavy atom. The van der Waals surface area contributed by atoms with Gasteiger partial charge in [-0.3, -0.25) is 13.9 Å². The summed E-state index contributed by atoms with van der Waals surface area (Å²) in [5.74, 6) is -1.01. The van der Waals surface area contributed by atoms with Gasteiger partial charge in [0.05, 0.1) is 20.6 Å². The summed E-state index contributed by atoms with van der Waals surface area (Å²) in [6.45, 7) is 4.81. The minimum atomic E-state index is -4.25. The van der Waals surface area contributed by atoms with E-state index in [0.29, 0.717) is 22.0 Å². The number of halogens is 4. The molecule has 0 fully saturated rings. The normalized spacial score (nSPS) is 12.9. The molecular formula is C29H31Cl4N3O4S. The molecule has 0 spiro atoms. The fraction of sp³-hybridized carbons (Fsp3) is 0.310. The van der Waals surface area contributed by atoms with Crippen LogP contribution in [0.1, 0.15) is 39.2 Å². The number of amides is 2. The molecule has 0 saturated carbocycles. The summed E-state index contributed by atoms with van der Waals surface area (Å²) >= 11 is 25.2. The van der Waals surface area contributed by atoms with Gasteiger partial charge in [-0.15, -0.1) is 0 Å². The van der Waals surface area contributed by atoms with Crippen molar-refractivity contribution in [2.24, 2.45) is 0 Å². The van der Waals surface area contributed by atoms with E-state index in [-0.39, 0.29) is 45.5 Å². The van der Waals surface area contributed by atoms with Gasteiger partial charge in [0.15, 0.2) is 0 Å². The quantitative estimate of drug-likeness (QED) is 0.223. The highest BCUT2D eigenvalue weighted by molar-refractivity contribution is 7.92. The Kier molecular flexibility index (Phi) is 11.8. The number of nitrogens with one attached hydrogen (secondary N) is 1. The number of sulfonamides is 1. The third-order valence-corrected chi connectivity index (χ3v) is 9.81. The molecule has 220 valence electrons. The number of benzene rings is 3. The second-order valence-electron chi connectivity index (χ2n) is 9.39. The van der Waals surface area contributed by atoms with E-state index >= 15 is 0 Å². The highest BCUT2D eigenvalue weighted by Gasteiger charge is 2.34. The number of rotatable bonds is 12. The summed E-state index contributed by atoms with van der Waals surface area (Å²) in [5, 5.41) is 3.88. The molecular weight excluding hydrogens is 628 g/mol. The fourth-order valence-corrected chi connectivity index (χ4v) is 6.34. The summed E-state index contributed by atoms with van der Waals surface area (Å²) < 4.78 is 28.7. The molecule has 41 heavy (non-hydrogen) atoms. The zero-order chi connectivity index (χ0) is 30.3. The second-order valence-corrected chi connectivity index (χ2v) is 12.9. The van der Waals surface area contributed by atoms with E-state index in [1.807, 2.05) is 13.8 Å². The third kappa shape index (κ3) is 8.08. The fourth-order valence-electron chi connectivity index (χ4n) is 4.10. The van der Waals surface area contributed by atoms with Gasteiger partial charge in [-0.1, -0.05) is 84.5 Å². The largest absolute Gasteiger partial charge is 0.352 e. The Labute approximate surface area is 261 Å². The molecule has 2 atom stereocenters. The summed E-state index contributed by atoms with van der Waals surface area (Å²) in [7, 11) is -4.25. The molecule has 0 aliphatic carbocycles. The molecule has 0 aliphatic rings. The molecule has 0 saturated heterocycles. The van der Waals surface area contributed by atoms with E-state index in [4.69, 9.17) is 46.4 Å². The number of nitrogens with zero attached hydrogens (tertiary/aromatic N) is 2. The first-order chi connectivity index (χ1) is 19.4. The molecule has 1 N–H and O–H groups in total. The van der Waals surface area contributed by atoms with Crippen LogP contribution in [0.25, 0.3) is 0 Å². The van der Waals surface area contributed by atoms with Crippen molar-refractivity contribution < 1.29 is 18.0 Å². The average molecular weight is 659 g/mol. The van der Waals surface area contributed by atoms with Crippen LogP contribution in [-0.4, -0.2) is 43.8 Å². The lowest BCUT2D eigenvalue weighted by Gasteiger charge is -2.34. The summed E-state index contributed by atoms with van der Waals surface area (Å²) in [6, 6.07) is 15.9. The Balaban J connectivity index is 2.11. The van der Waals surface area contributed by atoms with Gasteiger partial charge in [0, 0.05) is 28.2 Å². The highest BCUT2D eigenvalue weighted by atomic mass is 35.5. The predicted molar refractivity (Wildman–Crippen MR) is 166 cm³/mol. The van der Waals surface area contributed by atoms with Crippen LogP contribution in [-0.2, 0) is 26.2 Å². The number of carbonyl (C=O) groups is 2. The molecule has 12 heteroatoms. The average Bonchev–Trinajstić information content (AvgIpc) is 2.94. The lowest BCUT2D eigenvalue weighted by molar-refractivity contribution is -0.140. The molecule has 0 bridgehead atoms. The number of carbonyl (C=O) groups excluding carboxylic acids is 2. The van der Waals surface area contributed by atoms with Crippen LogP contribution >= 0.6 is 46.4 Å². The van der Waals surface area contributed by atoms with E-state index in [1.54, 1.807) is 43.3 Å². The number of hydrogen-bond donors (Lipinski definition) is 1. The zero-order valence-corrected chi connectivity index (χ0v) is 26.6. The van der Waals surface area contributed by atoms with Crippen molar-refractivity contribution in [3.63, 3.8) is 0 Å². The summed E-state index contributed by atoms with van der Waals surface area (Å²) in [5.41, 5.74) is 0.565. The van der Waals surface area contributed by atoms with Crippen molar-refractivity contribution in [2.45, 2.75) is 57.1 Å². The van der Waals surface area contributed by atoms with Crippen molar-refractivity contribution in [3.05, 3.63) is 92.4 Å². The van der Waals surface area contributed by atoms with Crippen LogP contribution < -0.4 is 9.62 Å². The molecule has 0 aliphatic heterocycles. The standard InChI is InChI=1S/C29H31Cl4N3O4S/c1-4-19(3)34-29(38)27(5-2)35(17-22-23(30)12-9-13-24(22)31)28(37)18-36(20-14-15-25(32)26(33)16-20)41(39,40)21-10-7-6-8-11-21/h6-16,19,27H,4-5,17-18H2,1-3H3,(H,34,38)/t19-,27+/m1/s1. The van der Waals surface area contributed by atoms with E-state index in [9.17, 15) is 18.0 Å². The molecule has 0 unspecified atom stereocenters. The monoisotopic (exact) mass is 657 g/mol. The lowest BCUT2D eigenvalue weighted by atomic mass is 10.1. The van der Waals surface area contributed by atoms with Crippen molar-refractivity contribution >= 4 is 73.9 Å². The van der Waals surface area contributed by atoms with Crippen molar-refractivity contribution in [1.29, 1.82) is 0 Å². The lowest BCUT2D eigenvalue weighted by Crippen LogP contribution is -2.53. The maximum Gasteiger partial charge on any atom is 0.264 e. The molecule has 3 aromatic rings. The maximum atomic E-state index is 14.1. The van der Waals surface area contributed by atoms with Crippen LogP contribution in [0.2, 0.25) is 20.1 Å². The van der Waals surface area contributed by atoms with Crippen LogP contribution in [0.4, 0.5) is 5.69 Å². The van der Waals surface area contributed by atoms with Crippen LogP contribution in [0.5, 0.6) is 0 Å². The predicted octanol–water partition coefficient (Wildman–Crippen LogP) is 7.22. The SMILES string of the molecule is CC[C@@H](C)NC(=O)[C@H](CC)N(Cc1c(Cl)cccc1Cl)C(=O)CN(c1ccc(Cl)c(Cl)c1)S(=O)(=O)c1ccccc1. The van der Waals surface area contributed by atoms with Gasteiger partial charge < -0.3 is 10.2 Å². The number of hydrogen-bond acceptors (Lipinski definition) is 4. The zero-order valence-electron chi connectivity index (χ0n) is 22.8. The van der Waals surface area contributed by atoms with E-state index < -0.39 is 28.5 Å². The maximum absolute atomic E-state index is 14.1. The van der Waals surface area contributed by atoms with Crippen LogP contribution in [0, 0.1) is 0 Å². The Morgan fingerprint density at radius 2 is 1.46 bits per heavy atom. The van der Waals surface area contributed by atoms with E-state index in [1.165, 1.54) is 35.2 Å². The molecule has 0 aromatic heterocycles. The summed E-state index contributed by atoms with van der Waals surface area (Å²) in [6.07, 6.45) is 0.946. The van der Waals surface area contributed by atoms with Gasteiger partial charge in [0.25, 0.3) is 10.0 Å². The minimum absolute atomic E-state index is 0.0267. The van der Waals surface area contributed by atoms with Gasteiger partial charge in [-0.2, -0.15) is 0 Å². The van der Waals surface area contributed by atoms with Gasteiger partial charge >= 0.3 is 0 Å². The first kappa shape index (κ1) is 33.0. The summed E-state index contributed by atoms with van der Waals surface area (Å²) in [4.78, 5) is 28.8. The second kappa shape index (κ2) is 14.6. The van der Waals surface area contributed by atoms with Gasteiger partial charge in [0.2, 0.25) is 11.8 Å². The Bertz CT molecular complexity index is 1470. The van der Waals surface area contributed by atoms with Gasteiger partial charge in [-0.25, -0.2) is 8.42 Å². The molecule has 3 aromatic carbocycles. The third-order valence-electron chi connectivity index (χ3n) is 6.58. The van der Waals surface area contributed by atoms with Gasteiger partial charge in [0.1, 0.15) is 12.6 Å². The van der Waals surface area contributed by atoms with E-state index in [2.05, 4.69) is 5.32 Å². The number of anilines is 1.